The molecular formula is C18H22BrFN4O4S. The van der Waals surface area contributed by atoms with Gasteiger partial charge >= 0.3 is 0 Å². The first-order valence-electron chi connectivity index (χ1n) is 9.03. The highest BCUT2D eigenvalue weighted by Gasteiger charge is 2.44. The highest BCUT2D eigenvalue weighted by atomic mass is 79.9. The van der Waals surface area contributed by atoms with Gasteiger partial charge in [-0.25, -0.2) is 21.7 Å². The fraction of sp³-hybridized carbons (Fsp3) is 0.500. The zero-order chi connectivity index (χ0) is 21.2. The molecule has 2 aromatic rings. The van der Waals surface area contributed by atoms with E-state index in [2.05, 4.69) is 31.4 Å². The van der Waals surface area contributed by atoms with Crippen molar-refractivity contribution in [2.45, 2.75) is 32.1 Å². The van der Waals surface area contributed by atoms with Gasteiger partial charge in [-0.15, -0.1) is 0 Å². The predicted octanol–water partition coefficient (Wildman–Crippen LogP) is 3.00. The number of hydrogen-bond donors (Lipinski definition) is 1. The maximum absolute atomic E-state index is 13.4. The number of halogens is 2. The minimum atomic E-state index is -3.27. The summed E-state index contributed by atoms with van der Waals surface area (Å²) in [5, 5.41) is 20.7. The minimum absolute atomic E-state index is 0.0607. The standard InChI is InChI=1S/C18H22BrFN4O4S/c1-24(2)29(26,27)8-7-18(5-6-18)11-16-17(23-28-22-16)15(21-25)10-12-3-4-14(20)13(19)9-12/h3-4,9,25H,5-8,10-11H2,1-2H3/b21-15+. The SMILES string of the molecule is CN(C)S(=O)(=O)CCC1(Cc2nonc2/C(Cc2ccc(F)c(Br)c2)=N/O)CC1. The Balaban J connectivity index is 1.73. The van der Waals surface area contributed by atoms with E-state index in [-0.39, 0.29) is 29.1 Å². The zero-order valence-corrected chi connectivity index (χ0v) is 18.5. The minimum Gasteiger partial charge on any atom is -0.411 e. The molecule has 0 radical (unpaired) electrons. The second-order valence-corrected chi connectivity index (χ2v) is 10.7. The molecule has 0 unspecified atom stereocenters. The topological polar surface area (TPSA) is 109 Å². The van der Waals surface area contributed by atoms with Crippen molar-refractivity contribution >= 4 is 31.7 Å². The number of aromatic nitrogens is 2. The van der Waals surface area contributed by atoms with Crippen LogP contribution in [0.15, 0.2) is 32.5 Å². The van der Waals surface area contributed by atoms with E-state index in [4.69, 9.17) is 4.63 Å². The van der Waals surface area contributed by atoms with E-state index >= 15 is 0 Å². The van der Waals surface area contributed by atoms with E-state index in [9.17, 15) is 18.0 Å². The van der Waals surface area contributed by atoms with Crippen LogP contribution in [0.5, 0.6) is 0 Å². The van der Waals surface area contributed by atoms with Gasteiger partial charge in [0.1, 0.15) is 17.2 Å². The normalized spacial score (nSPS) is 16.4. The molecule has 1 aromatic heterocycles. The van der Waals surface area contributed by atoms with Crippen LogP contribution >= 0.6 is 15.9 Å². The Hall–Kier alpha value is -1.85. The molecule has 158 valence electrons. The lowest BCUT2D eigenvalue weighted by molar-refractivity contribution is 0.298. The Morgan fingerprint density at radius 3 is 2.69 bits per heavy atom. The third-order valence-electron chi connectivity index (χ3n) is 5.25. The molecular weight excluding hydrogens is 467 g/mol. The van der Waals surface area contributed by atoms with Crippen LogP contribution in [0.1, 0.15) is 36.2 Å². The number of nitrogens with zero attached hydrogens (tertiary/aromatic N) is 4. The van der Waals surface area contributed by atoms with Crippen molar-refractivity contribution < 1.29 is 22.6 Å². The van der Waals surface area contributed by atoms with Crippen molar-refractivity contribution in [1.82, 2.24) is 14.6 Å². The zero-order valence-electron chi connectivity index (χ0n) is 16.1. The van der Waals surface area contributed by atoms with Crippen LogP contribution in [-0.2, 0) is 22.9 Å². The number of oxime groups is 1. The molecule has 1 aromatic carbocycles. The molecule has 8 nitrogen and oxygen atoms in total. The van der Waals surface area contributed by atoms with Gasteiger partial charge in [0.15, 0.2) is 5.69 Å². The van der Waals surface area contributed by atoms with Gasteiger partial charge in [0.05, 0.1) is 10.2 Å². The summed E-state index contributed by atoms with van der Waals surface area (Å²) in [6, 6.07) is 4.51. The molecule has 0 bridgehead atoms. The molecule has 11 heteroatoms. The molecule has 29 heavy (non-hydrogen) atoms. The maximum Gasteiger partial charge on any atom is 0.213 e. The van der Waals surface area contributed by atoms with Gasteiger partial charge in [-0.05, 0) is 63.5 Å². The van der Waals surface area contributed by atoms with E-state index in [1.807, 2.05) is 0 Å². The van der Waals surface area contributed by atoms with Gasteiger partial charge in [-0.2, -0.15) is 0 Å². The third-order valence-corrected chi connectivity index (χ3v) is 7.69. The molecule has 1 N–H and O–H groups in total. The molecule has 0 saturated heterocycles. The van der Waals surface area contributed by atoms with Gasteiger partial charge in [0, 0.05) is 26.9 Å². The first-order valence-corrected chi connectivity index (χ1v) is 11.4. The van der Waals surface area contributed by atoms with Crippen molar-refractivity contribution in [3.8, 4) is 0 Å². The molecule has 0 spiro atoms. The van der Waals surface area contributed by atoms with Crippen molar-refractivity contribution in [1.29, 1.82) is 0 Å². The van der Waals surface area contributed by atoms with E-state index in [0.717, 1.165) is 18.4 Å². The highest BCUT2D eigenvalue weighted by Crippen LogP contribution is 2.51. The molecule has 1 fully saturated rings. The number of rotatable bonds is 9. The van der Waals surface area contributed by atoms with Crippen LogP contribution in [0.2, 0.25) is 0 Å². The summed E-state index contributed by atoms with van der Waals surface area (Å²) in [7, 11) is -0.234. The Morgan fingerprint density at radius 2 is 2.10 bits per heavy atom. The van der Waals surface area contributed by atoms with Crippen LogP contribution in [-0.4, -0.2) is 53.8 Å². The Bertz CT molecular complexity index is 1020. The average Bonchev–Trinajstić information content (AvgIpc) is 3.29. The summed E-state index contributed by atoms with van der Waals surface area (Å²) in [5.41, 5.74) is 1.65. The summed E-state index contributed by atoms with van der Waals surface area (Å²) >= 11 is 3.14. The smallest absolute Gasteiger partial charge is 0.213 e. The monoisotopic (exact) mass is 488 g/mol. The first-order chi connectivity index (χ1) is 13.7. The molecule has 3 rings (SSSR count). The molecule has 1 aliphatic rings. The van der Waals surface area contributed by atoms with Crippen LogP contribution in [0.25, 0.3) is 0 Å². The van der Waals surface area contributed by atoms with Crippen LogP contribution in [0.3, 0.4) is 0 Å². The van der Waals surface area contributed by atoms with Crippen LogP contribution in [0, 0.1) is 11.2 Å². The van der Waals surface area contributed by atoms with E-state index in [1.54, 1.807) is 12.1 Å². The van der Waals surface area contributed by atoms with E-state index in [0.29, 0.717) is 28.7 Å². The van der Waals surface area contributed by atoms with Gasteiger partial charge in [-0.3, -0.25) is 0 Å². The molecule has 0 amide bonds. The Kier molecular flexibility index (Phi) is 6.39. The van der Waals surface area contributed by atoms with Crippen molar-refractivity contribution in [2.24, 2.45) is 10.6 Å². The predicted molar refractivity (Wildman–Crippen MR) is 108 cm³/mol. The molecule has 1 saturated carbocycles. The van der Waals surface area contributed by atoms with Crippen molar-refractivity contribution in [3.05, 3.63) is 45.4 Å². The van der Waals surface area contributed by atoms with Crippen LogP contribution < -0.4 is 0 Å². The summed E-state index contributed by atoms with van der Waals surface area (Å²) in [4.78, 5) is 0. The largest absolute Gasteiger partial charge is 0.411 e. The molecule has 1 heterocycles. The molecule has 1 aliphatic carbocycles. The van der Waals surface area contributed by atoms with Crippen LogP contribution in [0.4, 0.5) is 4.39 Å². The number of hydrogen-bond acceptors (Lipinski definition) is 7. The lowest BCUT2D eigenvalue weighted by Crippen LogP contribution is -2.27. The Morgan fingerprint density at radius 1 is 1.38 bits per heavy atom. The maximum atomic E-state index is 13.4. The second kappa shape index (κ2) is 8.49. The molecule has 0 atom stereocenters. The highest BCUT2D eigenvalue weighted by molar-refractivity contribution is 9.10. The third kappa shape index (κ3) is 5.20. The van der Waals surface area contributed by atoms with Gasteiger partial charge in [0.2, 0.25) is 10.0 Å². The van der Waals surface area contributed by atoms with Gasteiger partial charge in [-0.1, -0.05) is 16.4 Å². The van der Waals surface area contributed by atoms with Gasteiger partial charge < -0.3 is 5.21 Å². The first kappa shape index (κ1) is 21.8. The van der Waals surface area contributed by atoms with Crippen molar-refractivity contribution in [3.63, 3.8) is 0 Å². The van der Waals surface area contributed by atoms with Crippen molar-refractivity contribution in [2.75, 3.05) is 19.8 Å². The fourth-order valence-corrected chi connectivity index (χ4v) is 4.61. The van der Waals surface area contributed by atoms with E-state index in [1.165, 1.54) is 24.5 Å². The summed E-state index contributed by atoms with van der Waals surface area (Å²) in [6.45, 7) is 0. The quantitative estimate of drug-likeness (QED) is 0.330. The summed E-state index contributed by atoms with van der Waals surface area (Å²) < 4.78 is 44.0. The second-order valence-electron chi connectivity index (χ2n) is 7.56. The Labute approximate surface area is 176 Å². The molecule has 0 aliphatic heterocycles. The van der Waals surface area contributed by atoms with Gasteiger partial charge in [0.25, 0.3) is 0 Å². The number of sulfonamides is 1. The fourth-order valence-electron chi connectivity index (χ4n) is 3.13. The van der Waals surface area contributed by atoms with E-state index < -0.39 is 10.0 Å². The lowest BCUT2D eigenvalue weighted by Gasteiger charge is -2.16. The number of benzene rings is 1. The summed E-state index contributed by atoms with van der Waals surface area (Å²) in [6.07, 6.45) is 2.98. The summed E-state index contributed by atoms with van der Waals surface area (Å²) in [5.74, 6) is -0.325. The lowest BCUT2D eigenvalue weighted by atomic mass is 9.94. The average molecular weight is 489 g/mol.